The number of hydrogen-bond acceptors (Lipinski definition) is 5. The first-order chi connectivity index (χ1) is 9.70. The third kappa shape index (κ3) is 3.93. The number of cyclic esters (lactones) is 1. The standard InChI is InChI=1S/C13H18N2O4S/c1-20-9-10-3-4-11(19-10)12(16)14-5-7-15-6-2-8-18-13(15)17/h3-4H,2,5-9H2,1H3,(H,14,16). The Bertz CT molecular complexity index is 475. The van der Waals surface area contributed by atoms with Gasteiger partial charge in [0.1, 0.15) is 5.76 Å². The van der Waals surface area contributed by atoms with Gasteiger partial charge in [-0.25, -0.2) is 4.79 Å². The highest BCUT2D eigenvalue weighted by molar-refractivity contribution is 7.97. The molecular formula is C13H18N2O4S. The SMILES string of the molecule is CSCc1ccc(C(=O)NCCN2CCCOC2=O)o1. The van der Waals surface area contributed by atoms with Gasteiger partial charge in [0.05, 0.1) is 12.4 Å². The molecule has 1 aliphatic rings. The summed E-state index contributed by atoms with van der Waals surface area (Å²) in [6.07, 6.45) is 2.49. The topological polar surface area (TPSA) is 71.8 Å². The third-order valence-electron chi connectivity index (χ3n) is 2.90. The van der Waals surface area contributed by atoms with E-state index in [0.717, 1.165) is 17.9 Å². The number of nitrogens with zero attached hydrogens (tertiary/aromatic N) is 1. The summed E-state index contributed by atoms with van der Waals surface area (Å²) in [6, 6.07) is 3.46. The van der Waals surface area contributed by atoms with Crippen LogP contribution in [0.15, 0.2) is 16.5 Å². The van der Waals surface area contributed by atoms with E-state index in [9.17, 15) is 9.59 Å². The van der Waals surface area contributed by atoms with E-state index in [2.05, 4.69) is 5.32 Å². The Morgan fingerprint density at radius 3 is 3.10 bits per heavy atom. The molecule has 2 heterocycles. The van der Waals surface area contributed by atoms with Crippen LogP contribution >= 0.6 is 11.8 Å². The molecule has 0 aliphatic carbocycles. The summed E-state index contributed by atoms with van der Waals surface area (Å²) >= 11 is 1.63. The molecule has 1 aromatic rings. The lowest BCUT2D eigenvalue weighted by Crippen LogP contribution is -2.42. The summed E-state index contributed by atoms with van der Waals surface area (Å²) in [7, 11) is 0. The van der Waals surface area contributed by atoms with Gasteiger partial charge in [-0.1, -0.05) is 0 Å². The lowest BCUT2D eigenvalue weighted by molar-refractivity contribution is 0.0717. The summed E-state index contributed by atoms with van der Waals surface area (Å²) in [6.45, 7) is 1.98. The molecule has 1 aromatic heterocycles. The van der Waals surface area contributed by atoms with Crippen LogP contribution in [0.2, 0.25) is 0 Å². The van der Waals surface area contributed by atoms with Crippen LogP contribution in [0, 0.1) is 0 Å². The molecule has 0 saturated carbocycles. The van der Waals surface area contributed by atoms with Gasteiger partial charge in [-0.2, -0.15) is 11.8 Å². The maximum Gasteiger partial charge on any atom is 0.409 e. The van der Waals surface area contributed by atoms with E-state index in [4.69, 9.17) is 9.15 Å². The van der Waals surface area contributed by atoms with Crippen molar-refractivity contribution in [2.75, 3.05) is 32.5 Å². The van der Waals surface area contributed by atoms with Gasteiger partial charge in [0.15, 0.2) is 5.76 Å². The van der Waals surface area contributed by atoms with Gasteiger partial charge in [0.25, 0.3) is 5.91 Å². The molecule has 110 valence electrons. The highest BCUT2D eigenvalue weighted by Crippen LogP contribution is 2.13. The van der Waals surface area contributed by atoms with Crippen LogP contribution in [0.25, 0.3) is 0 Å². The lowest BCUT2D eigenvalue weighted by Gasteiger charge is -2.26. The van der Waals surface area contributed by atoms with Gasteiger partial charge in [0.2, 0.25) is 0 Å². The minimum absolute atomic E-state index is 0.261. The third-order valence-corrected chi connectivity index (χ3v) is 3.47. The molecule has 0 atom stereocenters. The molecule has 1 aliphatic heterocycles. The predicted octanol–water partition coefficient (Wildman–Crippen LogP) is 1.71. The molecule has 0 bridgehead atoms. The van der Waals surface area contributed by atoms with Crippen molar-refractivity contribution in [1.29, 1.82) is 0 Å². The number of hydrogen-bond donors (Lipinski definition) is 1. The van der Waals surface area contributed by atoms with Crippen molar-refractivity contribution in [3.05, 3.63) is 23.7 Å². The van der Waals surface area contributed by atoms with E-state index in [1.165, 1.54) is 0 Å². The second-order valence-corrected chi connectivity index (χ2v) is 5.28. The number of ether oxygens (including phenoxy) is 1. The number of thioether (sulfide) groups is 1. The quantitative estimate of drug-likeness (QED) is 0.865. The number of carbonyl (C=O) groups excluding carboxylic acids is 2. The molecule has 0 aromatic carbocycles. The van der Waals surface area contributed by atoms with Crippen molar-refractivity contribution in [3.8, 4) is 0 Å². The van der Waals surface area contributed by atoms with Crippen molar-refractivity contribution in [1.82, 2.24) is 10.2 Å². The maximum atomic E-state index is 11.8. The van der Waals surface area contributed by atoms with Gasteiger partial charge in [-0.05, 0) is 24.8 Å². The summed E-state index contributed by atoms with van der Waals surface area (Å²) < 4.78 is 10.3. The summed E-state index contributed by atoms with van der Waals surface area (Å²) in [5.74, 6) is 1.56. The zero-order chi connectivity index (χ0) is 14.4. The Morgan fingerprint density at radius 1 is 1.50 bits per heavy atom. The molecule has 2 rings (SSSR count). The summed E-state index contributed by atoms with van der Waals surface area (Å²) in [5, 5.41) is 2.73. The van der Waals surface area contributed by atoms with Crippen LogP contribution in [-0.4, -0.2) is 49.4 Å². The minimum atomic E-state index is -0.314. The minimum Gasteiger partial charge on any atom is -0.455 e. The van der Waals surface area contributed by atoms with Gasteiger partial charge in [0, 0.05) is 19.6 Å². The first-order valence-electron chi connectivity index (χ1n) is 6.48. The first kappa shape index (κ1) is 14.8. The van der Waals surface area contributed by atoms with Crippen LogP contribution < -0.4 is 5.32 Å². The number of rotatable bonds is 6. The average Bonchev–Trinajstić information content (AvgIpc) is 2.90. The zero-order valence-electron chi connectivity index (χ0n) is 11.4. The van der Waals surface area contributed by atoms with Crippen LogP contribution in [0.1, 0.15) is 22.7 Å². The van der Waals surface area contributed by atoms with Crippen molar-refractivity contribution < 1.29 is 18.7 Å². The number of nitrogens with one attached hydrogen (secondary N) is 1. The van der Waals surface area contributed by atoms with Gasteiger partial charge < -0.3 is 19.4 Å². The van der Waals surface area contributed by atoms with E-state index in [0.29, 0.717) is 32.0 Å². The Hall–Kier alpha value is -1.63. The van der Waals surface area contributed by atoms with Gasteiger partial charge in [-0.15, -0.1) is 0 Å². The predicted molar refractivity (Wildman–Crippen MR) is 75.8 cm³/mol. The van der Waals surface area contributed by atoms with Crippen LogP contribution in [0.5, 0.6) is 0 Å². The zero-order valence-corrected chi connectivity index (χ0v) is 12.2. The van der Waals surface area contributed by atoms with Crippen molar-refractivity contribution >= 4 is 23.8 Å². The molecule has 1 fully saturated rings. The Labute approximate surface area is 121 Å². The fraction of sp³-hybridized carbons (Fsp3) is 0.538. The molecule has 20 heavy (non-hydrogen) atoms. The van der Waals surface area contributed by atoms with Crippen LogP contribution in [0.4, 0.5) is 4.79 Å². The molecule has 0 unspecified atom stereocenters. The molecule has 1 saturated heterocycles. The second-order valence-electron chi connectivity index (χ2n) is 4.41. The Morgan fingerprint density at radius 2 is 2.35 bits per heavy atom. The van der Waals surface area contributed by atoms with Gasteiger partial charge >= 0.3 is 6.09 Å². The molecule has 0 radical (unpaired) electrons. The molecular weight excluding hydrogens is 280 g/mol. The Kier molecular flexibility index (Phi) is 5.34. The normalized spacial score (nSPS) is 15.1. The van der Waals surface area contributed by atoms with Crippen molar-refractivity contribution in [2.45, 2.75) is 12.2 Å². The molecule has 6 nitrogen and oxygen atoms in total. The molecule has 0 spiro atoms. The lowest BCUT2D eigenvalue weighted by atomic mass is 10.3. The van der Waals surface area contributed by atoms with Gasteiger partial charge in [-0.3, -0.25) is 4.79 Å². The van der Waals surface area contributed by atoms with E-state index in [-0.39, 0.29) is 12.0 Å². The fourth-order valence-corrected chi connectivity index (χ4v) is 2.35. The second kappa shape index (κ2) is 7.23. The Balaban J connectivity index is 1.75. The van der Waals surface area contributed by atoms with E-state index >= 15 is 0 Å². The molecule has 1 N–H and O–H groups in total. The monoisotopic (exact) mass is 298 g/mol. The number of furan rings is 1. The van der Waals surface area contributed by atoms with Crippen molar-refractivity contribution in [3.63, 3.8) is 0 Å². The fourth-order valence-electron chi connectivity index (χ4n) is 1.91. The van der Waals surface area contributed by atoms with Crippen molar-refractivity contribution in [2.24, 2.45) is 0 Å². The van der Waals surface area contributed by atoms with Crippen LogP contribution in [0.3, 0.4) is 0 Å². The van der Waals surface area contributed by atoms with E-state index in [1.54, 1.807) is 28.8 Å². The number of carbonyl (C=O) groups is 2. The molecule has 7 heteroatoms. The highest BCUT2D eigenvalue weighted by Gasteiger charge is 2.19. The summed E-state index contributed by atoms with van der Waals surface area (Å²) in [4.78, 5) is 24.8. The molecule has 2 amide bonds. The summed E-state index contributed by atoms with van der Waals surface area (Å²) in [5.41, 5.74) is 0. The maximum absolute atomic E-state index is 11.8. The average molecular weight is 298 g/mol. The first-order valence-corrected chi connectivity index (χ1v) is 7.87. The number of amides is 2. The van der Waals surface area contributed by atoms with E-state index in [1.807, 2.05) is 6.26 Å². The largest absolute Gasteiger partial charge is 0.455 e. The van der Waals surface area contributed by atoms with Crippen LogP contribution in [-0.2, 0) is 10.5 Å². The van der Waals surface area contributed by atoms with E-state index < -0.39 is 0 Å². The highest BCUT2D eigenvalue weighted by atomic mass is 32.2. The smallest absolute Gasteiger partial charge is 0.409 e.